The number of carbonyl (C=O) groups is 1. The molecule has 1 N–H and O–H groups in total. The second-order valence-corrected chi connectivity index (χ2v) is 4.78. The Bertz CT molecular complexity index is 604. The largest absolute Gasteiger partial charge is 0.478 e. The Kier molecular flexibility index (Phi) is 4.74. The van der Waals surface area contributed by atoms with Crippen molar-refractivity contribution in [2.75, 3.05) is 13.7 Å². The third kappa shape index (κ3) is 2.99. The summed E-state index contributed by atoms with van der Waals surface area (Å²) in [6, 6.07) is 5.09. The summed E-state index contributed by atoms with van der Waals surface area (Å²) in [4.78, 5) is 15.7. The lowest BCUT2D eigenvalue weighted by Gasteiger charge is -2.08. The van der Waals surface area contributed by atoms with Gasteiger partial charge >= 0.3 is 5.97 Å². The van der Waals surface area contributed by atoms with Crippen LogP contribution in [0.4, 0.5) is 0 Å². The molecule has 1 aromatic carbocycles. The Balaban J connectivity index is 2.43. The van der Waals surface area contributed by atoms with E-state index < -0.39 is 5.97 Å². The summed E-state index contributed by atoms with van der Waals surface area (Å²) in [5, 5.41) is 9.11. The lowest BCUT2D eigenvalue weighted by Crippen LogP contribution is -2.06. The van der Waals surface area contributed by atoms with E-state index in [0.29, 0.717) is 12.2 Å². The average Bonchev–Trinajstić information content (AvgIpc) is 2.77. The van der Waals surface area contributed by atoms with Gasteiger partial charge in [0.05, 0.1) is 16.6 Å². The summed E-state index contributed by atoms with van der Waals surface area (Å²) in [6.07, 6.45) is 2.79. The highest BCUT2D eigenvalue weighted by atomic mass is 16.5. The SMILES string of the molecule is CCCc1nc2ccc(C(=O)O)cc2n1CCCOC. The molecule has 0 unspecified atom stereocenters. The number of carboxylic acid groups (broad SMARTS) is 1. The van der Waals surface area contributed by atoms with Crippen LogP contribution in [0, 0.1) is 0 Å². The van der Waals surface area contributed by atoms with Gasteiger partial charge in [-0.15, -0.1) is 0 Å². The Labute approximate surface area is 118 Å². The molecule has 0 aliphatic heterocycles. The van der Waals surface area contributed by atoms with Crippen molar-refractivity contribution < 1.29 is 14.6 Å². The van der Waals surface area contributed by atoms with Crippen LogP contribution >= 0.6 is 0 Å². The molecule has 5 heteroatoms. The second kappa shape index (κ2) is 6.52. The molecule has 108 valence electrons. The smallest absolute Gasteiger partial charge is 0.335 e. The van der Waals surface area contributed by atoms with Crippen LogP contribution in [0.5, 0.6) is 0 Å². The third-order valence-corrected chi connectivity index (χ3v) is 3.28. The third-order valence-electron chi connectivity index (χ3n) is 3.28. The molecule has 2 aromatic rings. The van der Waals surface area contributed by atoms with Crippen LogP contribution in [0.25, 0.3) is 11.0 Å². The summed E-state index contributed by atoms with van der Waals surface area (Å²) in [5.41, 5.74) is 2.05. The first-order valence-electron chi connectivity index (χ1n) is 6.88. The van der Waals surface area contributed by atoms with Gasteiger partial charge in [-0.1, -0.05) is 6.92 Å². The summed E-state index contributed by atoms with van der Waals surface area (Å²) < 4.78 is 7.20. The fraction of sp³-hybridized carbons (Fsp3) is 0.467. The average molecular weight is 276 g/mol. The number of aryl methyl sites for hydroxylation is 2. The van der Waals surface area contributed by atoms with Gasteiger partial charge in [0.25, 0.3) is 0 Å². The van der Waals surface area contributed by atoms with E-state index in [-0.39, 0.29) is 0 Å². The monoisotopic (exact) mass is 276 g/mol. The molecule has 0 aliphatic carbocycles. The fourth-order valence-electron chi connectivity index (χ4n) is 2.34. The number of hydrogen-bond acceptors (Lipinski definition) is 3. The first-order valence-corrected chi connectivity index (χ1v) is 6.88. The molecule has 0 aliphatic rings. The Morgan fingerprint density at radius 1 is 1.45 bits per heavy atom. The number of carboxylic acids is 1. The van der Waals surface area contributed by atoms with Crippen molar-refractivity contribution in [2.45, 2.75) is 32.7 Å². The maximum Gasteiger partial charge on any atom is 0.335 e. The van der Waals surface area contributed by atoms with E-state index in [1.165, 1.54) is 0 Å². The standard InChI is InChI=1S/C15H20N2O3/c1-3-5-14-16-12-7-6-11(15(18)19)10-13(12)17(14)8-4-9-20-2/h6-7,10H,3-5,8-9H2,1-2H3,(H,18,19). The molecule has 20 heavy (non-hydrogen) atoms. The summed E-state index contributed by atoms with van der Waals surface area (Å²) >= 11 is 0. The van der Waals surface area contributed by atoms with Crippen molar-refractivity contribution in [3.63, 3.8) is 0 Å². The highest BCUT2D eigenvalue weighted by Crippen LogP contribution is 2.20. The van der Waals surface area contributed by atoms with Gasteiger partial charge in [-0.25, -0.2) is 9.78 Å². The molecule has 2 rings (SSSR count). The van der Waals surface area contributed by atoms with Crippen molar-refractivity contribution in [3.05, 3.63) is 29.6 Å². The number of methoxy groups -OCH3 is 1. The van der Waals surface area contributed by atoms with E-state index in [0.717, 1.165) is 42.7 Å². The predicted molar refractivity (Wildman–Crippen MR) is 77.2 cm³/mol. The number of rotatable bonds is 7. The Hall–Kier alpha value is -1.88. The van der Waals surface area contributed by atoms with E-state index in [1.807, 2.05) is 0 Å². The van der Waals surface area contributed by atoms with Gasteiger partial charge in [0.15, 0.2) is 0 Å². The molecule has 1 aromatic heterocycles. The normalized spacial score (nSPS) is 11.1. The minimum Gasteiger partial charge on any atom is -0.478 e. The molecule has 0 amide bonds. The van der Waals surface area contributed by atoms with E-state index >= 15 is 0 Å². The Morgan fingerprint density at radius 2 is 2.25 bits per heavy atom. The topological polar surface area (TPSA) is 64.3 Å². The first kappa shape index (κ1) is 14.5. The van der Waals surface area contributed by atoms with Gasteiger partial charge in [0, 0.05) is 26.7 Å². The number of ether oxygens (including phenoxy) is 1. The summed E-state index contributed by atoms with van der Waals surface area (Å²) in [6.45, 7) is 3.59. The first-order chi connectivity index (χ1) is 9.67. The molecular weight excluding hydrogens is 256 g/mol. The lowest BCUT2D eigenvalue weighted by atomic mass is 10.2. The van der Waals surface area contributed by atoms with Gasteiger partial charge in [-0.3, -0.25) is 0 Å². The van der Waals surface area contributed by atoms with Gasteiger partial charge in [-0.05, 0) is 31.0 Å². The van der Waals surface area contributed by atoms with Crippen LogP contribution in [0.3, 0.4) is 0 Å². The molecule has 0 fully saturated rings. The number of aromatic carboxylic acids is 1. The van der Waals surface area contributed by atoms with Crippen molar-refractivity contribution in [3.8, 4) is 0 Å². The quantitative estimate of drug-likeness (QED) is 0.790. The van der Waals surface area contributed by atoms with Crippen molar-refractivity contribution in [2.24, 2.45) is 0 Å². The molecule has 0 saturated carbocycles. The van der Waals surface area contributed by atoms with Crippen LogP contribution in [0.15, 0.2) is 18.2 Å². The van der Waals surface area contributed by atoms with E-state index in [4.69, 9.17) is 9.84 Å². The molecule has 0 atom stereocenters. The molecule has 0 saturated heterocycles. The zero-order valence-corrected chi connectivity index (χ0v) is 11.9. The van der Waals surface area contributed by atoms with Crippen LogP contribution in [0.2, 0.25) is 0 Å². The highest BCUT2D eigenvalue weighted by Gasteiger charge is 2.12. The molecule has 0 bridgehead atoms. The fourth-order valence-corrected chi connectivity index (χ4v) is 2.34. The molecule has 0 spiro atoms. The molecule has 5 nitrogen and oxygen atoms in total. The molecular formula is C15H20N2O3. The lowest BCUT2D eigenvalue weighted by molar-refractivity contribution is 0.0697. The number of benzene rings is 1. The van der Waals surface area contributed by atoms with Crippen molar-refractivity contribution in [1.29, 1.82) is 0 Å². The molecule has 0 radical (unpaired) electrons. The zero-order valence-electron chi connectivity index (χ0n) is 11.9. The molecule has 1 heterocycles. The van der Waals surface area contributed by atoms with Crippen molar-refractivity contribution in [1.82, 2.24) is 9.55 Å². The highest BCUT2D eigenvalue weighted by molar-refractivity contribution is 5.92. The minimum atomic E-state index is -0.909. The Morgan fingerprint density at radius 3 is 2.90 bits per heavy atom. The van der Waals surface area contributed by atoms with Crippen LogP contribution in [0.1, 0.15) is 35.9 Å². The van der Waals surface area contributed by atoms with Gasteiger partial charge in [0.1, 0.15) is 5.82 Å². The van der Waals surface area contributed by atoms with Gasteiger partial charge in [0.2, 0.25) is 0 Å². The maximum absolute atomic E-state index is 11.1. The minimum absolute atomic E-state index is 0.299. The van der Waals surface area contributed by atoms with Gasteiger partial charge < -0.3 is 14.4 Å². The van der Waals surface area contributed by atoms with E-state index in [2.05, 4.69) is 16.5 Å². The maximum atomic E-state index is 11.1. The summed E-state index contributed by atoms with van der Waals surface area (Å²) in [5.74, 6) is 0.106. The number of hydrogen-bond donors (Lipinski definition) is 1. The van der Waals surface area contributed by atoms with Crippen molar-refractivity contribution >= 4 is 17.0 Å². The van der Waals surface area contributed by atoms with E-state index in [9.17, 15) is 4.79 Å². The summed E-state index contributed by atoms with van der Waals surface area (Å²) in [7, 11) is 1.68. The number of aromatic nitrogens is 2. The van der Waals surface area contributed by atoms with E-state index in [1.54, 1.807) is 25.3 Å². The number of imidazole rings is 1. The number of fused-ring (bicyclic) bond motifs is 1. The van der Waals surface area contributed by atoms with Crippen LogP contribution < -0.4 is 0 Å². The predicted octanol–water partition coefficient (Wildman–Crippen LogP) is 2.72. The van der Waals surface area contributed by atoms with Crippen LogP contribution in [-0.4, -0.2) is 34.3 Å². The number of nitrogens with zero attached hydrogens (tertiary/aromatic N) is 2. The zero-order chi connectivity index (χ0) is 14.5. The van der Waals surface area contributed by atoms with Gasteiger partial charge in [-0.2, -0.15) is 0 Å². The second-order valence-electron chi connectivity index (χ2n) is 4.78. The van der Waals surface area contributed by atoms with Crippen LogP contribution in [-0.2, 0) is 17.7 Å².